The number of fused-ring (bicyclic) bond motifs is 3. The van der Waals surface area contributed by atoms with Crippen molar-refractivity contribution in [2.45, 2.75) is 70.9 Å². The van der Waals surface area contributed by atoms with Gasteiger partial charge in [-0.25, -0.2) is 0 Å². The molecule has 7 rings (SSSR count). The van der Waals surface area contributed by atoms with Crippen LogP contribution in [0.5, 0.6) is 11.5 Å². The van der Waals surface area contributed by atoms with E-state index in [-0.39, 0.29) is 24.4 Å². The molecule has 3 heterocycles. The van der Waals surface area contributed by atoms with Gasteiger partial charge in [0.15, 0.2) is 16.8 Å². The van der Waals surface area contributed by atoms with Crippen molar-refractivity contribution in [1.82, 2.24) is 0 Å². The molecule has 234 valence electrons. The van der Waals surface area contributed by atoms with Crippen molar-refractivity contribution in [2.75, 3.05) is 13.2 Å². The van der Waals surface area contributed by atoms with Crippen LogP contribution < -0.4 is 9.47 Å². The summed E-state index contributed by atoms with van der Waals surface area (Å²) >= 11 is 0. The van der Waals surface area contributed by atoms with Gasteiger partial charge in [-0.1, -0.05) is 72.8 Å². The van der Waals surface area contributed by atoms with Crippen LogP contribution >= 0.6 is 16.8 Å². The maximum atomic E-state index is 6.60. The molecule has 3 aliphatic heterocycles. The van der Waals surface area contributed by atoms with E-state index in [0.29, 0.717) is 25.5 Å². The van der Waals surface area contributed by atoms with Crippen molar-refractivity contribution >= 4 is 16.8 Å². The SMILES string of the molecule is C[C@@H]1OP(Cc2c(-c3ccccc3)ccc3c2-c2c(ccc(-c4ccccc4)c2CP2O[C@@H](C)[C@H](C)O2)OCCCO3)O[C@H]1C. The first-order chi connectivity index (χ1) is 22.0. The van der Waals surface area contributed by atoms with Gasteiger partial charge in [-0.3, -0.25) is 0 Å². The lowest BCUT2D eigenvalue weighted by Crippen LogP contribution is -2.13. The Hall–Kier alpha value is -2.82. The first-order valence-corrected chi connectivity index (χ1v) is 18.6. The monoisotopic (exact) mass is 642 g/mol. The molecule has 6 nitrogen and oxygen atoms in total. The van der Waals surface area contributed by atoms with Gasteiger partial charge >= 0.3 is 0 Å². The van der Waals surface area contributed by atoms with Gasteiger partial charge in [-0.05, 0) is 73.2 Å². The second-order valence-corrected chi connectivity index (χ2v) is 14.7. The summed E-state index contributed by atoms with van der Waals surface area (Å²) in [4.78, 5) is 0. The van der Waals surface area contributed by atoms with Crippen LogP contribution in [0, 0.1) is 0 Å². The van der Waals surface area contributed by atoms with E-state index >= 15 is 0 Å². The predicted molar refractivity (Wildman–Crippen MR) is 182 cm³/mol. The quantitative estimate of drug-likeness (QED) is 0.195. The normalized spacial score (nSPS) is 23.7. The van der Waals surface area contributed by atoms with Gasteiger partial charge in [0.25, 0.3) is 0 Å². The Bertz CT molecular complexity index is 1490. The van der Waals surface area contributed by atoms with Crippen LogP contribution in [-0.2, 0) is 30.4 Å². The maximum Gasteiger partial charge on any atom is 0.175 e. The molecule has 0 N–H and O–H groups in total. The molecule has 0 aliphatic carbocycles. The summed E-state index contributed by atoms with van der Waals surface area (Å²) in [5.41, 5.74) is 8.94. The van der Waals surface area contributed by atoms with E-state index in [0.717, 1.165) is 62.4 Å². The molecule has 0 spiro atoms. The van der Waals surface area contributed by atoms with Gasteiger partial charge < -0.3 is 27.6 Å². The molecule has 0 saturated carbocycles. The van der Waals surface area contributed by atoms with Gasteiger partial charge in [0.05, 0.1) is 37.6 Å². The summed E-state index contributed by atoms with van der Waals surface area (Å²) < 4.78 is 38.9. The molecular formula is C37H40O6P2. The Balaban J connectivity index is 1.50. The second kappa shape index (κ2) is 13.5. The number of hydrogen-bond donors (Lipinski definition) is 0. The molecule has 2 fully saturated rings. The van der Waals surface area contributed by atoms with E-state index in [4.69, 9.17) is 27.6 Å². The lowest BCUT2D eigenvalue weighted by atomic mass is 9.86. The Kier molecular flexibility index (Phi) is 9.24. The molecule has 3 aliphatic rings. The first kappa shape index (κ1) is 30.8. The molecule has 45 heavy (non-hydrogen) atoms. The highest BCUT2D eigenvalue weighted by Crippen LogP contribution is 2.58. The van der Waals surface area contributed by atoms with Gasteiger partial charge in [-0.15, -0.1) is 0 Å². The van der Waals surface area contributed by atoms with Crippen LogP contribution in [0.2, 0.25) is 0 Å². The van der Waals surface area contributed by atoms with Crippen LogP contribution in [0.4, 0.5) is 0 Å². The largest absolute Gasteiger partial charge is 0.493 e. The molecule has 0 bridgehead atoms. The van der Waals surface area contributed by atoms with E-state index in [1.165, 1.54) is 0 Å². The summed E-state index contributed by atoms with van der Waals surface area (Å²) in [6.07, 6.45) is 2.21. The fourth-order valence-electron chi connectivity index (χ4n) is 6.11. The van der Waals surface area contributed by atoms with Crippen LogP contribution in [-0.4, -0.2) is 37.6 Å². The zero-order valence-corrected chi connectivity index (χ0v) is 28.1. The van der Waals surface area contributed by atoms with Crippen molar-refractivity contribution in [1.29, 1.82) is 0 Å². The van der Waals surface area contributed by atoms with E-state index in [1.54, 1.807) is 0 Å². The fourth-order valence-corrected chi connectivity index (χ4v) is 9.85. The minimum absolute atomic E-state index is 0.0422. The summed E-state index contributed by atoms with van der Waals surface area (Å²) in [6.45, 7) is 9.49. The molecular weight excluding hydrogens is 602 g/mol. The van der Waals surface area contributed by atoms with Crippen molar-refractivity contribution in [3.8, 4) is 44.9 Å². The molecule has 0 radical (unpaired) electrons. The lowest BCUT2D eigenvalue weighted by Gasteiger charge is -2.25. The molecule has 8 heteroatoms. The maximum absolute atomic E-state index is 6.60. The smallest absolute Gasteiger partial charge is 0.175 e. The number of benzene rings is 4. The molecule has 0 aromatic heterocycles. The second-order valence-electron chi connectivity index (χ2n) is 11.9. The third-order valence-corrected chi connectivity index (χ3v) is 12.2. The molecule has 4 atom stereocenters. The predicted octanol–water partition coefficient (Wildman–Crippen LogP) is 10.1. The van der Waals surface area contributed by atoms with E-state index < -0.39 is 16.8 Å². The number of hydrogen-bond acceptors (Lipinski definition) is 6. The topological polar surface area (TPSA) is 55.4 Å². The summed E-state index contributed by atoms with van der Waals surface area (Å²) in [7, 11) is -2.32. The highest BCUT2D eigenvalue weighted by atomic mass is 31.2. The van der Waals surface area contributed by atoms with E-state index in [9.17, 15) is 0 Å². The molecule has 0 amide bonds. The Morgan fingerprint density at radius 1 is 0.511 bits per heavy atom. The first-order valence-electron chi connectivity index (χ1n) is 15.9. The van der Waals surface area contributed by atoms with Gasteiger partial charge in [0.1, 0.15) is 11.5 Å². The minimum Gasteiger partial charge on any atom is -0.493 e. The number of rotatable bonds is 6. The van der Waals surface area contributed by atoms with Crippen molar-refractivity contribution in [3.63, 3.8) is 0 Å². The van der Waals surface area contributed by atoms with Gasteiger partial charge in [0, 0.05) is 29.9 Å². The molecule has 2 saturated heterocycles. The fraction of sp³-hybridized carbons (Fsp3) is 0.351. The van der Waals surface area contributed by atoms with E-state index in [2.05, 4.69) is 113 Å². The van der Waals surface area contributed by atoms with Gasteiger partial charge in [-0.2, -0.15) is 0 Å². The van der Waals surface area contributed by atoms with Crippen molar-refractivity contribution < 1.29 is 27.6 Å². The van der Waals surface area contributed by atoms with Crippen LogP contribution in [0.15, 0.2) is 84.9 Å². The van der Waals surface area contributed by atoms with Crippen LogP contribution in [0.1, 0.15) is 45.2 Å². The summed E-state index contributed by atoms with van der Waals surface area (Å²) in [6, 6.07) is 29.8. The number of ether oxygens (including phenoxy) is 2. The van der Waals surface area contributed by atoms with Crippen LogP contribution in [0.3, 0.4) is 0 Å². The third kappa shape index (κ3) is 6.43. The third-order valence-electron chi connectivity index (χ3n) is 8.80. The zero-order chi connectivity index (χ0) is 30.9. The molecule has 4 aromatic rings. The molecule has 0 unspecified atom stereocenters. The summed E-state index contributed by atoms with van der Waals surface area (Å²) in [5, 5.41) is 0. The highest BCUT2D eigenvalue weighted by molar-refractivity contribution is 7.47. The Labute approximate surface area is 268 Å². The van der Waals surface area contributed by atoms with Gasteiger partial charge in [0.2, 0.25) is 0 Å². The van der Waals surface area contributed by atoms with Crippen molar-refractivity contribution in [2.24, 2.45) is 0 Å². The average molecular weight is 643 g/mol. The minimum atomic E-state index is -1.16. The average Bonchev–Trinajstić information content (AvgIpc) is 3.57. The Morgan fingerprint density at radius 2 is 0.889 bits per heavy atom. The summed E-state index contributed by atoms with van der Waals surface area (Å²) in [5.74, 6) is 1.70. The van der Waals surface area contributed by atoms with Crippen LogP contribution in [0.25, 0.3) is 33.4 Å². The highest BCUT2D eigenvalue weighted by Gasteiger charge is 2.36. The zero-order valence-electron chi connectivity index (χ0n) is 26.3. The van der Waals surface area contributed by atoms with E-state index in [1.807, 2.05) is 0 Å². The molecule has 4 aromatic carbocycles. The van der Waals surface area contributed by atoms with Crippen molar-refractivity contribution in [3.05, 3.63) is 96.1 Å². The standard InChI is InChI=1S/C37H40O6P2/c1-24-25(2)41-44(40-24)22-32-30(28-12-7-5-8-13-28)16-18-34-36(32)37-33(23-45-42-26(3)27(4)43-45)31(29-14-9-6-10-15-29)17-19-35(37)39-21-11-20-38-34/h5-10,12-19,24-27H,11,20-23H2,1-4H3/t24-,25-,26-,27-/m0/s1. The Morgan fingerprint density at radius 3 is 1.27 bits per heavy atom. The lowest BCUT2D eigenvalue weighted by molar-refractivity contribution is 0.187.